The van der Waals surface area contributed by atoms with Gasteiger partial charge in [-0.2, -0.15) is 31.3 Å². The predicted molar refractivity (Wildman–Crippen MR) is 113 cm³/mol. The largest absolute Gasteiger partial charge is 0.416 e. The molecule has 0 radical (unpaired) electrons. The third-order valence-corrected chi connectivity index (χ3v) is 5.25. The molecule has 4 aromatic rings. The average molecular weight is 480 g/mol. The molecule has 178 valence electrons. The molecular weight excluding hydrogens is 462 g/mol. The number of aryl methyl sites for hydroxylation is 1. The Kier molecular flexibility index (Phi) is 5.96. The molecule has 1 atom stereocenters. The fourth-order valence-electron chi connectivity index (χ4n) is 3.64. The van der Waals surface area contributed by atoms with Crippen LogP contribution in [0.15, 0.2) is 53.1 Å². The van der Waals surface area contributed by atoms with Crippen molar-refractivity contribution in [3.63, 3.8) is 0 Å². The summed E-state index contributed by atoms with van der Waals surface area (Å²) in [5, 5.41) is 4.24. The van der Waals surface area contributed by atoms with Gasteiger partial charge in [0.05, 0.1) is 11.1 Å². The minimum Gasteiger partial charge on any atom is -0.398 e. The highest BCUT2D eigenvalue weighted by atomic mass is 19.4. The van der Waals surface area contributed by atoms with Crippen LogP contribution in [-0.4, -0.2) is 21.3 Å². The maximum absolute atomic E-state index is 13.8. The van der Waals surface area contributed by atoms with Crippen molar-refractivity contribution in [3.8, 4) is 11.4 Å². The van der Waals surface area contributed by atoms with E-state index in [9.17, 15) is 26.3 Å². The quantitative estimate of drug-likeness (QED) is 0.329. The first-order chi connectivity index (χ1) is 16.0. The maximum Gasteiger partial charge on any atom is 0.416 e. The Morgan fingerprint density at radius 3 is 2.26 bits per heavy atom. The van der Waals surface area contributed by atoms with Gasteiger partial charge in [-0.15, -0.1) is 0 Å². The van der Waals surface area contributed by atoms with E-state index in [1.54, 1.807) is 24.3 Å². The van der Waals surface area contributed by atoms with Gasteiger partial charge < -0.3 is 10.3 Å². The SMILES string of the molecule is CCCc1cc(N)c2cc(-c3noc(C(c4ccc(C(F)(F)F)cc4)C(F)(F)F)n3)ccc2n1. The molecule has 2 heterocycles. The van der Waals surface area contributed by atoms with Gasteiger partial charge in [0.15, 0.2) is 5.92 Å². The number of rotatable bonds is 5. The minimum atomic E-state index is -4.88. The summed E-state index contributed by atoms with van der Waals surface area (Å²) in [6.07, 6.45) is -7.91. The van der Waals surface area contributed by atoms with Crippen molar-refractivity contribution in [1.29, 1.82) is 0 Å². The van der Waals surface area contributed by atoms with E-state index in [1.165, 1.54) is 0 Å². The molecular formula is C23H18F6N4O. The molecule has 34 heavy (non-hydrogen) atoms. The van der Waals surface area contributed by atoms with Gasteiger partial charge in [-0.05, 0) is 48.4 Å². The highest BCUT2D eigenvalue weighted by Crippen LogP contribution is 2.41. The molecule has 0 bridgehead atoms. The zero-order valence-corrected chi connectivity index (χ0v) is 17.7. The van der Waals surface area contributed by atoms with Crippen LogP contribution in [0.3, 0.4) is 0 Å². The number of hydrogen-bond donors (Lipinski definition) is 1. The van der Waals surface area contributed by atoms with Crippen LogP contribution in [0.5, 0.6) is 0 Å². The van der Waals surface area contributed by atoms with E-state index in [-0.39, 0.29) is 5.82 Å². The van der Waals surface area contributed by atoms with Crippen LogP contribution in [-0.2, 0) is 12.6 Å². The second-order valence-electron chi connectivity index (χ2n) is 7.74. The molecule has 0 aliphatic rings. The first-order valence-corrected chi connectivity index (χ1v) is 10.2. The van der Waals surface area contributed by atoms with E-state index in [0.29, 0.717) is 34.3 Å². The zero-order chi connectivity index (χ0) is 24.7. The lowest BCUT2D eigenvalue weighted by molar-refractivity contribution is -0.146. The number of pyridine rings is 1. The van der Waals surface area contributed by atoms with Crippen molar-refractivity contribution in [2.45, 2.75) is 38.0 Å². The van der Waals surface area contributed by atoms with Crippen LogP contribution >= 0.6 is 0 Å². The molecule has 0 aliphatic heterocycles. The van der Waals surface area contributed by atoms with Gasteiger partial charge in [-0.25, -0.2) is 0 Å². The van der Waals surface area contributed by atoms with Gasteiger partial charge >= 0.3 is 12.4 Å². The zero-order valence-electron chi connectivity index (χ0n) is 17.7. The number of benzene rings is 2. The second kappa shape index (κ2) is 8.62. The molecule has 11 heteroatoms. The van der Waals surface area contributed by atoms with E-state index >= 15 is 0 Å². The number of hydrogen-bond acceptors (Lipinski definition) is 5. The van der Waals surface area contributed by atoms with Crippen molar-refractivity contribution in [3.05, 3.63) is 71.2 Å². The minimum absolute atomic E-state index is 0.116. The average Bonchev–Trinajstić information content (AvgIpc) is 3.22. The van der Waals surface area contributed by atoms with Crippen molar-refractivity contribution >= 4 is 16.6 Å². The summed E-state index contributed by atoms with van der Waals surface area (Å²) >= 11 is 0. The van der Waals surface area contributed by atoms with Crippen LogP contribution < -0.4 is 5.73 Å². The van der Waals surface area contributed by atoms with E-state index in [0.717, 1.165) is 30.7 Å². The van der Waals surface area contributed by atoms with Crippen molar-refractivity contribution in [2.24, 2.45) is 0 Å². The summed E-state index contributed by atoms with van der Waals surface area (Å²) in [6.45, 7) is 2.01. The number of nitrogens with zero attached hydrogens (tertiary/aromatic N) is 3. The van der Waals surface area contributed by atoms with Crippen molar-refractivity contribution in [1.82, 2.24) is 15.1 Å². The molecule has 0 aliphatic carbocycles. The van der Waals surface area contributed by atoms with Crippen LogP contribution in [0, 0.1) is 0 Å². The summed E-state index contributed by atoms with van der Waals surface area (Å²) in [6, 6.07) is 9.24. The van der Waals surface area contributed by atoms with Gasteiger partial charge in [0.25, 0.3) is 0 Å². The summed E-state index contributed by atoms with van der Waals surface area (Å²) in [4.78, 5) is 8.41. The molecule has 2 aromatic carbocycles. The molecule has 2 N–H and O–H groups in total. The van der Waals surface area contributed by atoms with Crippen molar-refractivity contribution in [2.75, 3.05) is 5.73 Å². The molecule has 5 nitrogen and oxygen atoms in total. The van der Waals surface area contributed by atoms with E-state index in [1.807, 2.05) is 6.92 Å². The van der Waals surface area contributed by atoms with Crippen LogP contribution in [0.4, 0.5) is 32.0 Å². The summed E-state index contributed by atoms with van der Waals surface area (Å²) < 4.78 is 84.8. The molecule has 4 rings (SSSR count). The van der Waals surface area contributed by atoms with Gasteiger partial charge in [0.1, 0.15) is 0 Å². The fourth-order valence-corrected chi connectivity index (χ4v) is 3.64. The monoisotopic (exact) mass is 480 g/mol. The number of fused-ring (bicyclic) bond motifs is 1. The number of alkyl halides is 6. The smallest absolute Gasteiger partial charge is 0.398 e. The lowest BCUT2D eigenvalue weighted by Gasteiger charge is -2.17. The van der Waals surface area contributed by atoms with Gasteiger partial charge in [0.2, 0.25) is 11.7 Å². The molecule has 1 unspecified atom stereocenters. The predicted octanol–water partition coefficient (Wildman–Crippen LogP) is 6.53. The van der Waals surface area contributed by atoms with E-state index < -0.39 is 35.3 Å². The maximum atomic E-state index is 13.8. The van der Waals surface area contributed by atoms with E-state index in [2.05, 4.69) is 15.1 Å². The summed E-state index contributed by atoms with van der Waals surface area (Å²) in [5.41, 5.74) is 6.87. The Labute approximate surface area is 189 Å². The molecule has 0 spiro atoms. The number of halogens is 6. The van der Waals surface area contributed by atoms with Gasteiger partial charge in [0, 0.05) is 22.3 Å². The molecule has 2 aromatic heterocycles. The van der Waals surface area contributed by atoms with Gasteiger partial charge in [-0.1, -0.05) is 30.6 Å². The molecule has 0 fully saturated rings. The van der Waals surface area contributed by atoms with Crippen molar-refractivity contribution < 1.29 is 30.9 Å². The first-order valence-electron chi connectivity index (χ1n) is 10.2. The Balaban J connectivity index is 1.71. The first kappa shape index (κ1) is 23.5. The highest BCUT2D eigenvalue weighted by Gasteiger charge is 2.46. The van der Waals surface area contributed by atoms with Crippen LogP contribution in [0.2, 0.25) is 0 Å². The lowest BCUT2D eigenvalue weighted by Crippen LogP contribution is -2.22. The number of nitrogen functional groups attached to an aromatic ring is 1. The van der Waals surface area contributed by atoms with Crippen LogP contribution in [0.25, 0.3) is 22.3 Å². The normalized spacial score (nSPS) is 13.4. The third kappa shape index (κ3) is 4.68. The lowest BCUT2D eigenvalue weighted by atomic mass is 9.97. The Morgan fingerprint density at radius 1 is 0.941 bits per heavy atom. The Hall–Kier alpha value is -3.63. The second-order valence-corrected chi connectivity index (χ2v) is 7.74. The molecule has 0 saturated heterocycles. The third-order valence-electron chi connectivity index (χ3n) is 5.25. The molecule has 0 amide bonds. The highest BCUT2D eigenvalue weighted by molar-refractivity contribution is 5.93. The van der Waals surface area contributed by atoms with Crippen LogP contribution in [0.1, 0.15) is 42.0 Å². The molecule has 0 saturated carbocycles. The van der Waals surface area contributed by atoms with Gasteiger partial charge in [-0.3, -0.25) is 4.98 Å². The summed E-state index contributed by atoms with van der Waals surface area (Å²) in [7, 11) is 0. The number of anilines is 1. The number of aromatic nitrogens is 3. The fraction of sp³-hybridized carbons (Fsp3) is 0.261. The Bertz CT molecular complexity index is 1310. The topological polar surface area (TPSA) is 77.8 Å². The standard InChI is InChI=1S/C23H18F6N4O/c1-2-3-15-11-17(30)16-10-13(6-9-18(16)31-15)20-32-21(34-33-20)19(23(27,28)29)12-4-7-14(8-5-12)22(24,25)26/h4-11,19H,2-3H2,1H3,(H2,30,31). The van der Waals surface area contributed by atoms with E-state index in [4.69, 9.17) is 10.3 Å². The summed E-state index contributed by atoms with van der Waals surface area (Å²) in [5.74, 6) is -3.29. The Morgan fingerprint density at radius 2 is 1.65 bits per heavy atom. The number of nitrogens with two attached hydrogens (primary N) is 1.